The molecule has 0 amide bonds. The van der Waals surface area contributed by atoms with Crippen molar-refractivity contribution in [3.63, 3.8) is 0 Å². The van der Waals surface area contributed by atoms with Gasteiger partial charge in [-0.25, -0.2) is 0 Å². The van der Waals surface area contributed by atoms with Gasteiger partial charge in [0.1, 0.15) is 0 Å². The summed E-state index contributed by atoms with van der Waals surface area (Å²) < 4.78 is 0. The van der Waals surface area contributed by atoms with E-state index in [1.54, 1.807) is 0 Å². The fourth-order valence-electron chi connectivity index (χ4n) is 0.452. The summed E-state index contributed by atoms with van der Waals surface area (Å²) in [6.45, 7) is 0. The molecule has 0 aromatic carbocycles. The van der Waals surface area contributed by atoms with Gasteiger partial charge >= 0.3 is 126 Å². The predicted octanol–water partition coefficient (Wildman–Crippen LogP) is -3.47. The van der Waals surface area contributed by atoms with Crippen LogP contribution in [0.15, 0.2) is 0 Å². The van der Waals surface area contributed by atoms with E-state index in [2.05, 4.69) is 0 Å². The van der Waals surface area contributed by atoms with Crippen molar-refractivity contribution in [3.8, 4) is 0 Å². The van der Waals surface area contributed by atoms with Crippen molar-refractivity contribution in [2.75, 3.05) is 0 Å². The number of hydrogen-bond acceptors (Lipinski definition) is 6. The van der Waals surface area contributed by atoms with Crippen LogP contribution in [0.25, 0.3) is 0 Å². The number of hydrogen-bond donors (Lipinski definition) is 2. The molecule has 0 aliphatic carbocycles. The Bertz CT molecular complexity index is 194. The van der Waals surface area contributed by atoms with Crippen molar-refractivity contribution in [1.82, 2.24) is 0 Å². The summed E-state index contributed by atoms with van der Waals surface area (Å²) in [4.78, 5) is 19.5. The molecule has 17 heavy (non-hydrogen) atoms. The van der Waals surface area contributed by atoms with Crippen molar-refractivity contribution in [1.29, 1.82) is 0 Å². The van der Waals surface area contributed by atoms with Crippen LogP contribution in [0.1, 0.15) is 0 Å². The number of rotatable bonds is 6. The molecule has 0 saturated heterocycles. The molecular weight excluding hydrogens is 415 g/mol. The molecular formula is C8H14O6Se2Zn. The molecule has 96 valence electrons. The van der Waals surface area contributed by atoms with E-state index in [1.807, 2.05) is 11.6 Å². The summed E-state index contributed by atoms with van der Waals surface area (Å²) >= 11 is 0.416. The number of carboxylic acids is 2. The van der Waals surface area contributed by atoms with Gasteiger partial charge < -0.3 is 0 Å². The second-order valence-electron chi connectivity index (χ2n) is 2.58. The molecule has 0 aromatic heterocycles. The summed E-state index contributed by atoms with van der Waals surface area (Å²) in [7, 11) is 0. The molecule has 0 radical (unpaired) electrons. The van der Waals surface area contributed by atoms with E-state index in [9.17, 15) is 19.8 Å². The number of carboxylic acid groups (broad SMARTS) is 2. The predicted molar refractivity (Wildman–Crippen MR) is 54.9 cm³/mol. The molecule has 6 nitrogen and oxygen atoms in total. The molecule has 0 heterocycles. The van der Waals surface area contributed by atoms with Gasteiger partial charge in [-0.2, -0.15) is 0 Å². The SMILES string of the molecule is C[Se]CC(O)C(=O)[O-].C[Se]CC(O)C(=O)[O-].[Zn+2]. The Morgan fingerprint density at radius 2 is 1.24 bits per heavy atom. The zero-order valence-electron chi connectivity index (χ0n) is 9.62. The third kappa shape index (κ3) is 16.5. The number of aliphatic hydroxyl groups excluding tert-OH is 2. The van der Waals surface area contributed by atoms with Crippen molar-refractivity contribution in [2.24, 2.45) is 0 Å². The standard InChI is InChI=1S/2C4H8O3Se.Zn/c2*1-8-2-3(5)4(6)7;/h2*3,5H,2H2,1H3,(H,6,7);/q;;+2/p-2. The molecule has 0 aliphatic heterocycles. The van der Waals surface area contributed by atoms with Crippen molar-refractivity contribution in [3.05, 3.63) is 0 Å². The Kier molecular flexibility index (Phi) is 19.5. The van der Waals surface area contributed by atoms with Crippen LogP contribution < -0.4 is 10.2 Å². The Labute approximate surface area is 125 Å². The number of carbonyl (C=O) groups excluding carboxylic acids is 2. The van der Waals surface area contributed by atoms with Crippen LogP contribution in [0.3, 0.4) is 0 Å². The van der Waals surface area contributed by atoms with Gasteiger partial charge in [-0.15, -0.1) is 0 Å². The Balaban J connectivity index is -0.000000218. The van der Waals surface area contributed by atoms with Crippen LogP contribution >= 0.6 is 0 Å². The Morgan fingerprint density at radius 1 is 1.00 bits per heavy atom. The topological polar surface area (TPSA) is 121 Å². The van der Waals surface area contributed by atoms with Crippen molar-refractivity contribution in [2.45, 2.75) is 34.5 Å². The first-order chi connectivity index (χ1) is 7.36. The molecule has 0 saturated carbocycles. The Hall–Kier alpha value is 0.522. The van der Waals surface area contributed by atoms with Gasteiger partial charge in [0.05, 0.1) is 0 Å². The molecule has 0 aromatic rings. The average Bonchev–Trinajstić information content (AvgIpc) is 2.19. The van der Waals surface area contributed by atoms with E-state index in [0.29, 0.717) is 10.6 Å². The van der Waals surface area contributed by atoms with Crippen LogP contribution in [0.2, 0.25) is 22.3 Å². The maximum Gasteiger partial charge on any atom is 2.00 e. The van der Waals surface area contributed by atoms with Crippen LogP contribution in [0, 0.1) is 0 Å². The van der Waals surface area contributed by atoms with Crippen LogP contribution in [0.4, 0.5) is 0 Å². The zero-order valence-corrected chi connectivity index (χ0v) is 16.0. The molecule has 0 spiro atoms. The number of carbonyl (C=O) groups is 2. The minimum Gasteiger partial charge on any atom is 2.00 e. The van der Waals surface area contributed by atoms with Gasteiger partial charge in [-0.05, 0) is 0 Å². The quantitative estimate of drug-likeness (QED) is 0.424. The third-order valence-electron chi connectivity index (χ3n) is 1.19. The summed E-state index contributed by atoms with van der Waals surface area (Å²) in [6.07, 6.45) is -2.50. The fraction of sp³-hybridized carbons (Fsp3) is 0.750. The van der Waals surface area contributed by atoms with E-state index < -0.39 is 24.1 Å². The molecule has 0 fully saturated rings. The maximum atomic E-state index is 9.74. The first-order valence-corrected chi connectivity index (χ1v) is 9.97. The first-order valence-electron chi connectivity index (χ1n) is 4.12. The van der Waals surface area contributed by atoms with Crippen LogP contribution in [-0.2, 0) is 29.1 Å². The van der Waals surface area contributed by atoms with E-state index in [1.165, 1.54) is 0 Å². The van der Waals surface area contributed by atoms with E-state index in [0.717, 1.165) is 0 Å². The van der Waals surface area contributed by atoms with Crippen LogP contribution in [0.5, 0.6) is 0 Å². The molecule has 0 bridgehead atoms. The van der Waals surface area contributed by atoms with E-state index in [-0.39, 0.29) is 49.4 Å². The second-order valence-corrected chi connectivity index (χ2v) is 6.40. The van der Waals surface area contributed by atoms with Gasteiger partial charge in [0.2, 0.25) is 0 Å². The van der Waals surface area contributed by atoms with Crippen molar-refractivity contribution < 1.29 is 49.5 Å². The van der Waals surface area contributed by atoms with Crippen molar-refractivity contribution >= 4 is 41.9 Å². The molecule has 0 aliphatic rings. The largest absolute Gasteiger partial charge is 2.00 e. The normalized spacial score (nSPS) is 12.5. The zero-order chi connectivity index (χ0) is 13.1. The summed E-state index contributed by atoms with van der Waals surface area (Å²) in [6, 6.07) is 0. The molecule has 2 N–H and O–H groups in total. The average molecular weight is 430 g/mol. The third-order valence-corrected chi connectivity index (χ3v) is 3.92. The summed E-state index contributed by atoms with van der Waals surface area (Å²) in [5, 5.41) is 37.1. The Morgan fingerprint density at radius 3 is 1.29 bits per heavy atom. The smallest absolute Gasteiger partial charge is 2.00 e. The molecule has 2 unspecified atom stereocenters. The maximum absolute atomic E-state index is 9.74. The van der Waals surface area contributed by atoms with E-state index in [4.69, 9.17) is 10.2 Å². The monoisotopic (exact) mass is 430 g/mol. The second kappa shape index (κ2) is 14.6. The number of aliphatic carboxylic acids is 2. The van der Waals surface area contributed by atoms with Gasteiger partial charge in [-0.3, -0.25) is 0 Å². The fourth-order valence-corrected chi connectivity index (χ4v) is 2.35. The summed E-state index contributed by atoms with van der Waals surface area (Å²) in [5.41, 5.74) is 0. The summed E-state index contributed by atoms with van der Waals surface area (Å²) in [5.74, 6) is 0.987. The minimum atomic E-state index is -1.37. The van der Waals surface area contributed by atoms with Gasteiger partial charge in [0.25, 0.3) is 0 Å². The first kappa shape index (κ1) is 22.7. The van der Waals surface area contributed by atoms with Gasteiger partial charge in [0.15, 0.2) is 0 Å². The molecule has 0 rings (SSSR count). The van der Waals surface area contributed by atoms with E-state index >= 15 is 0 Å². The van der Waals surface area contributed by atoms with Crippen LogP contribution in [-0.4, -0.2) is 64.3 Å². The van der Waals surface area contributed by atoms with Gasteiger partial charge in [-0.1, -0.05) is 0 Å². The minimum absolute atomic E-state index is 0. The molecule has 2 atom stereocenters. The molecule has 9 heteroatoms. The number of aliphatic hydroxyl groups is 2. The van der Waals surface area contributed by atoms with Gasteiger partial charge in [0, 0.05) is 0 Å².